The topological polar surface area (TPSA) is 0 Å². The third kappa shape index (κ3) is 2.60. The molecular formula is C13H7Cl4F. The summed E-state index contributed by atoms with van der Waals surface area (Å²) in [7, 11) is 0. The molecule has 0 spiro atoms. The lowest BCUT2D eigenvalue weighted by molar-refractivity contribution is 0.620. The predicted molar refractivity (Wildman–Crippen MR) is 76.4 cm³/mol. The zero-order valence-corrected chi connectivity index (χ0v) is 12.0. The van der Waals surface area contributed by atoms with Gasteiger partial charge in [-0.2, -0.15) is 0 Å². The number of hydrogen-bond acceptors (Lipinski definition) is 0. The van der Waals surface area contributed by atoms with Gasteiger partial charge in [0.2, 0.25) is 0 Å². The van der Waals surface area contributed by atoms with Crippen molar-refractivity contribution in [1.82, 2.24) is 0 Å². The normalized spacial score (nSPS) is 10.7. The molecule has 2 aromatic carbocycles. The summed E-state index contributed by atoms with van der Waals surface area (Å²) in [6.45, 7) is 0. The summed E-state index contributed by atoms with van der Waals surface area (Å²) in [5.74, 6) is -0.300. The second-order valence-corrected chi connectivity index (χ2v) is 5.15. The Kier molecular flexibility index (Phi) is 4.39. The van der Waals surface area contributed by atoms with E-state index >= 15 is 0 Å². The van der Waals surface area contributed by atoms with E-state index in [1.807, 2.05) is 0 Å². The van der Waals surface area contributed by atoms with Crippen LogP contribution in [-0.2, 0) is 5.88 Å². The van der Waals surface area contributed by atoms with Crippen molar-refractivity contribution >= 4 is 46.4 Å². The van der Waals surface area contributed by atoms with Crippen LogP contribution in [0.15, 0.2) is 30.3 Å². The lowest BCUT2D eigenvalue weighted by Gasteiger charge is -2.10. The van der Waals surface area contributed by atoms with Crippen LogP contribution in [0.2, 0.25) is 15.1 Å². The summed E-state index contributed by atoms with van der Waals surface area (Å²) in [6, 6.07) is 8.00. The fourth-order valence-electron chi connectivity index (χ4n) is 1.62. The van der Waals surface area contributed by atoms with Crippen LogP contribution in [0.5, 0.6) is 0 Å². The van der Waals surface area contributed by atoms with Crippen molar-refractivity contribution in [3.05, 3.63) is 56.8 Å². The molecule has 18 heavy (non-hydrogen) atoms. The first kappa shape index (κ1) is 14.0. The Morgan fingerprint density at radius 3 is 2.22 bits per heavy atom. The second kappa shape index (κ2) is 5.66. The molecule has 0 aliphatic carbocycles. The van der Waals surface area contributed by atoms with E-state index in [2.05, 4.69) is 0 Å². The molecule has 0 heterocycles. The maximum absolute atomic E-state index is 14.2. The average Bonchev–Trinajstić information content (AvgIpc) is 2.34. The maximum Gasteiger partial charge on any atom is 0.135 e. The molecule has 0 unspecified atom stereocenters. The van der Waals surface area contributed by atoms with Crippen LogP contribution in [0.4, 0.5) is 4.39 Å². The molecule has 0 saturated carbocycles. The van der Waals surface area contributed by atoms with Crippen LogP contribution in [-0.4, -0.2) is 0 Å². The first-order valence-corrected chi connectivity index (χ1v) is 6.69. The number of benzene rings is 2. The van der Waals surface area contributed by atoms with Gasteiger partial charge >= 0.3 is 0 Å². The van der Waals surface area contributed by atoms with E-state index in [9.17, 15) is 4.39 Å². The zero-order chi connectivity index (χ0) is 13.3. The van der Waals surface area contributed by atoms with E-state index < -0.39 is 5.82 Å². The first-order valence-electron chi connectivity index (χ1n) is 5.03. The summed E-state index contributed by atoms with van der Waals surface area (Å²) >= 11 is 23.5. The molecule has 5 heteroatoms. The van der Waals surface area contributed by atoms with Crippen molar-refractivity contribution in [1.29, 1.82) is 0 Å². The van der Waals surface area contributed by atoms with Gasteiger partial charge in [0, 0.05) is 16.7 Å². The Labute approximate surface area is 124 Å². The van der Waals surface area contributed by atoms with E-state index in [4.69, 9.17) is 46.4 Å². The van der Waals surface area contributed by atoms with Crippen molar-refractivity contribution in [2.45, 2.75) is 5.88 Å². The SMILES string of the molecule is Fc1c(CCl)cccc1-c1cc(Cl)c(Cl)cc1Cl. The van der Waals surface area contributed by atoms with Crippen LogP contribution in [0.3, 0.4) is 0 Å². The van der Waals surface area contributed by atoms with E-state index in [1.165, 1.54) is 6.07 Å². The van der Waals surface area contributed by atoms with Gasteiger partial charge < -0.3 is 0 Å². The number of hydrogen-bond donors (Lipinski definition) is 0. The molecule has 0 aliphatic heterocycles. The molecule has 0 aliphatic rings. The molecule has 0 aromatic heterocycles. The van der Waals surface area contributed by atoms with E-state index in [1.54, 1.807) is 24.3 Å². The predicted octanol–water partition coefficient (Wildman–Crippen LogP) is 6.19. The van der Waals surface area contributed by atoms with E-state index in [0.717, 1.165) is 0 Å². The molecule has 0 atom stereocenters. The quantitative estimate of drug-likeness (QED) is 0.456. The molecule has 0 N–H and O–H groups in total. The van der Waals surface area contributed by atoms with Crippen LogP contribution in [0.1, 0.15) is 5.56 Å². The monoisotopic (exact) mass is 322 g/mol. The maximum atomic E-state index is 14.2. The minimum absolute atomic E-state index is 0.0958. The second-order valence-electron chi connectivity index (χ2n) is 3.66. The van der Waals surface area contributed by atoms with Crippen LogP contribution in [0.25, 0.3) is 11.1 Å². The van der Waals surface area contributed by atoms with Crippen molar-refractivity contribution in [2.75, 3.05) is 0 Å². The molecule has 0 radical (unpaired) electrons. The molecule has 94 valence electrons. The molecule has 0 amide bonds. The number of rotatable bonds is 2. The van der Waals surface area contributed by atoms with Gasteiger partial charge in [-0.3, -0.25) is 0 Å². The van der Waals surface area contributed by atoms with Crippen molar-refractivity contribution in [2.24, 2.45) is 0 Å². The molecule has 0 bridgehead atoms. The largest absolute Gasteiger partial charge is 0.206 e. The summed E-state index contributed by atoms with van der Waals surface area (Å²) in [6.07, 6.45) is 0. The molecular weight excluding hydrogens is 317 g/mol. The van der Waals surface area contributed by atoms with Gasteiger partial charge in [0.25, 0.3) is 0 Å². The third-order valence-corrected chi connectivity index (χ3v) is 3.85. The number of alkyl halides is 1. The highest BCUT2D eigenvalue weighted by Crippen LogP contribution is 2.37. The van der Waals surface area contributed by atoms with Crippen LogP contribution < -0.4 is 0 Å². The standard InChI is InChI=1S/C13H7Cl4F/c14-6-7-2-1-3-8(13(7)18)9-4-11(16)12(17)5-10(9)15/h1-5H,6H2. The lowest BCUT2D eigenvalue weighted by atomic mass is 10.0. The van der Waals surface area contributed by atoms with E-state index in [-0.39, 0.29) is 5.88 Å². The number of halogens is 5. The summed E-state index contributed by atoms with van der Waals surface area (Å²) in [5.41, 5.74) is 1.27. The van der Waals surface area contributed by atoms with Crippen molar-refractivity contribution in [3.63, 3.8) is 0 Å². The summed E-state index contributed by atoms with van der Waals surface area (Å²) < 4.78 is 14.2. The fraction of sp³-hybridized carbons (Fsp3) is 0.0769. The van der Waals surface area contributed by atoms with Gasteiger partial charge in [-0.25, -0.2) is 4.39 Å². The first-order chi connectivity index (χ1) is 8.54. The van der Waals surface area contributed by atoms with Crippen molar-refractivity contribution < 1.29 is 4.39 Å². The molecule has 0 nitrogen and oxygen atoms in total. The van der Waals surface area contributed by atoms with Gasteiger partial charge in [-0.15, -0.1) is 11.6 Å². The Morgan fingerprint density at radius 1 is 0.889 bits per heavy atom. The Hall–Kier alpha value is -0.470. The summed E-state index contributed by atoms with van der Waals surface area (Å²) in [5, 5.41) is 1.00. The highest BCUT2D eigenvalue weighted by molar-refractivity contribution is 6.44. The summed E-state index contributed by atoms with van der Waals surface area (Å²) in [4.78, 5) is 0. The lowest BCUT2D eigenvalue weighted by Crippen LogP contribution is -1.91. The third-order valence-electron chi connectivity index (χ3n) is 2.52. The van der Waals surface area contributed by atoms with Gasteiger partial charge in [-0.1, -0.05) is 53.0 Å². The van der Waals surface area contributed by atoms with Crippen LogP contribution in [0, 0.1) is 5.82 Å². The van der Waals surface area contributed by atoms with Gasteiger partial charge in [-0.05, 0) is 12.1 Å². The molecule has 0 saturated heterocycles. The Morgan fingerprint density at radius 2 is 1.56 bits per heavy atom. The van der Waals surface area contributed by atoms with Crippen molar-refractivity contribution in [3.8, 4) is 11.1 Å². The molecule has 2 aromatic rings. The van der Waals surface area contributed by atoms with Gasteiger partial charge in [0.15, 0.2) is 0 Å². The van der Waals surface area contributed by atoms with Crippen LogP contribution >= 0.6 is 46.4 Å². The zero-order valence-electron chi connectivity index (χ0n) is 8.98. The Balaban J connectivity index is 2.66. The highest BCUT2D eigenvalue weighted by Gasteiger charge is 2.14. The fourth-order valence-corrected chi connectivity index (χ4v) is 2.48. The Bertz CT molecular complexity index is 596. The molecule has 0 fully saturated rings. The highest BCUT2D eigenvalue weighted by atomic mass is 35.5. The van der Waals surface area contributed by atoms with E-state index in [0.29, 0.717) is 31.8 Å². The smallest absolute Gasteiger partial charge is 0.135 e. The minimum atomic E-state index is -0.396. The molecule has 2 rings (SSSR count). The van der Waals surface area contributed by atoms with Gasteiger partial charge in [0.1, 0.15) is 5.82 Å². The van der Waals surface area contributed by atoms with Gasteiger partial charge in [0.05, 0.1) is 20.9 Å². The average molecular weight is 324 g/mol. The minimum Gasteiger partial charge on any atom is -0.206 e.